The fourth-order valence-electron chi connectivity index (χ4n) is 2.72. The Bertz CT molecular complexity index is 775. The highest BCUT2D eigenvalue weighted by atomic mass is 32.1. The molecule has 108 valence electrons. The summed E-state index contributed by atoms with van der Waals surface area (Å²) >= 11 is 1.85. The molecule has 0 atom stereocenters. The Morgan fingerprint density at radius 1 is 0.905 bits per heavy atom. The zero-order valence-corrected chi connectivity index (χ0v) is 13.9. The predicted octanol–water partition coefficient (Wildman–Crippen LogP) is 5.75. The van der Waals surface area contributed by atoms with Crippen molar-refractivity contribution in [2.24, 2.45) is 0 Å². The monoisotopic (exact) mass is 295 g/mol. The molecule has 0 radical (unpaired) electrons. The molecule has 0 fully saturated rings. The van der Waals surface area contributed by atoms with Gasteiger partial charge in [-0.1, -0.05) is 12.1 Å². The van der Waals surface area contributed by atoms with E-state index in [1.165, 1.54) is 42.9 Å². The SMILES string of the molecule is Cc1cc2cc(NCc3cc(C)c(C)c(C)c3)ccc2s1. The van der Waals surface area contributed by atoms with Gasteiger partial charge in [0, 0.05) is 21.8 Å². The van der Waals surface area contributed by atoms with E-state index in [1.54, 1.807) is 0 Å². The summed E-state index contributed by atoms with van der Waals surface area (Å²) < 4.78 is 1.36. The summed E-state index contributed by atoms with van der Waals surface area (Å²) in [6.45, 7) is 9.60. The van der Waals surface area contributed by atoms with Crippen LogP contribution in [0.2, 0.25) is 0 Å². The van der Waals surface area contributed by atoms with Crippen LogP contribution < -0.4 is 5.32 Å². The predicted molar refractivity (Wildman–Crippen MR) is 94.5 cm³/mol. The Hall–Kier alpha value is -1.80. The van der Waals surface area contributed by atoms with Gasteiger partial charge in [-0.05, 0) is 79.6 Å². The number of benzene rings is 2. The summed E-state index contributed by atoms with van der Waals surface area (Å²) in [5.41, 5.74) is 6.67. The van der Waals surface area contributed by atoms with Crippen molar-refractivity contribution in [3.8, 4) is 0 Å². The quantitative estimate of drug-likeness (QED) is 0.649. The summed E-state index contributed by atoms with van der Waals surface area (Å²) in [5.74, 6) is 0. The van der Waals surface area contributed by atoms with Crippen LogP contribution in [0, 0.1) is 27.7 Å². The number of hydrogen-bond donors (Lipinski definition) is 1. The highest BCUT2D eigenvalue weighted by Crippen LogP contribution is 2.27. The highest BCUT2D eigenvalue weighted by molar-refractivity contribution is 7.19. The zero-order chi connectivity index (χ0) is 15.0. The van der Waals surface area contributed by atoms with Crippen LogP contribution in [-0.2, 0) is 6.54 Å². The Kier molecular flexibility index (Phi) is 3.73. The standard InChI is InChI=1S/C19H21NS/c1-12-7-16(8-13(2)15(12)4)11-20-18-5-6-19-17(10-18)9-14(3)21-19/h5-10,20H,11H2,1-4H3. The lowest BCUT2D eigenvalue weighted by molar-refractivity contribution is 1.12. The average Bonchev–Trinajstić information content (AvgIpc) is 2.81. The number of thiophene rings is 1. The van der Waals surface area contributed by atoms with Gasteiger partial charge in [-0.15, -0.1) is 11.3 Å². The van der Waals surface area contributed by atoms with Crippen molar-refractivity contribution in [1.29, 1.82) is 0 Å². The molecule has 0 bridgehead atoms. The molecule has 0 amide bonds. The maximum absolute atomic E-state index is 3.54. The van der Waals surface area contributed by atoms with Crippen molar-refractivity contribution < 1.29 is 0 Å². The Balaban J connectivity index is 1.79. The van der Waals surface area contributed by atoms with Gasteiger partial charge in [0.05, 0.1) is 0 Å². The van der Waals surface area contributed by atoms with Crippen LogP contribution in [0.4, 0.5) is 5.69 Å². The highest BCUT2D eigenvalue weighted by Gasteiger charge is 2.03. The minimum Gasteiger partial charge on any atom is -0.381 e. The van der Waals surface area contributed by atoms with Crippen LogP contribution in [0.15, 0.2) is 36.4 Å². The van der Waals surface area contributed by atoms with Gasteiger partial charge in [-0.25, -0.2) is 0 Å². The molecule has 3 aromatic rings. The van der Waals surface area contributed by atoms with Gasteiger partial charge in [0.15, 0.2) is 0 Å². The number of aryl methyl sites for hydroxylation is 3. The summed E-state index contributed by atoms with van der Waals surface area (Å²) in [4.78, 5) is 1.37. The van der Waals surface area contributed by atoms with E-state index in [0.29, 0.717) is 0 Å². The van der Waals surface area contributed by atoms with Gasteiger partial charge < -0.3 is 5.32 Å². The van der Waals surface area contributed by atoms with E-state index in [4.69, 9.17) is 0 Å². The van der Waals surface area contributed by atoms with E-state index in [-0.39, 0.29) is 0 Å². The number of rotatable bonds is 3. The molecule has 2 aromatic carbocycles. The number of hydrogen-bond acceptors (Lipinski definition) is 2. The van der Waals surface area contributed by atoms with E-state index >= 15 is 0 Å². The molecule has 21 heavy (non-hydrogen) atoms. The minimum atomic E-state index is 0.872. The summed E-state index contributed by atoms with van der Waals surface area (Å²) in [7, 11) is 0. The summed E-state index contributed by atoms with van der Waals surface area (Å²) in [6, 6.07) is 13.4. The molecular formula is C19H21NS. The van der Waals surface area contributed by atoms with Crippen molar-refractivity contribution in [2.45, 2.75) is 34.2 Å². The first-order chi connectivity index (χ1) is 10.0. The molecule has 0 aliphatic rings. The van der Waals surface area contributed by atoms with Crippen LogP contribution in [0.5, 0.6) is 0 Å². The molecule has 1 nitrogen and oxygen atoms in total. The number of fused-ring (bicyclic) bond motifs is 1. The van der Waals surface area contributed by atoms with Gasteiger partial charge >= 0.3 is 0 Å². The lowest BCUT2D eigenvalue weighted by Gasteiger charge is -2.11. The third-order valence-corrected chi connectivity index (χ3v) is 5.15. The molecule has 2 heteroatoms. The van der Waals surface area contributed by atoms with Crippen LogP contribution >= 0.6 is 11.3 Å². The van der Waals surface area contributed by atoms with Crippen LogP contribution in [-0.4, -0.2) is 0 Å². The maximum atomic E-state index is 3.54. The van der Waals surface area contributed by atoms with Gasteiger partial charge in [0.25, 0.3) is 0 Å². The normalized spacial score (nSPS) is 11.0. The van der Waals surface area contributed by atoms with Crippen LogP contribution in [0.3, 0.4) is 0 Å². The molecule has 0 aliphatic heterocycles. The van der Waals surface area contributed by atoms with Crippen molar-refractivity contribution in [1.82, 2.24) is 0 Å². The van der Waals surface area contributed by atoms with E-state index in [0.717, 1.165) is 6.54 Å². The van der Waals surface area contributed by atoms with Crippen LogP contribution in [0.1, 0.15) is 27.1 Å². The van der Waals surface area contributed by atoms with Crippen molar-refractivity contribution in [3.63, 3.8) is 0 Å². The smallest absolute Gasteiger partial charge is 0.0400 e. The Morgan fingerprint density at radius 2 is 1.62 bits per heavy atom. The molecular weight excluding hydrogens is 274 g/mol. The summed E-state index contributed by atoms with van der Waals surface area (Å²) in [6.07, 6.45) is 0. The van der Waals surface area contributed by atoms with E-state index in [2.05, 4.69) is 69.4 Å². The first-order valence-corrected chi connectivity index (χ1v) is 8.15. The fraction of sp³-hybridized carbons (Fsp3) is 0.263. The average molecular weight is 295 g/mol. The van der Waals surface area contributed by atoms with Crippen molar-refractivity contribution >= 4 is 27.1 Å². The zero-order valence-electron chi connectivity index (χ0n) is 13.1. The largest absolute Gasteiger partial charge is 0.381 e. The van der Waals surface area contributed by atoms with Crippen molar-refractivity contribution in [3.05, 3.63) is 63.5 Å². The van der Waals surface area contributed by atoms with Crippen molar-refractivity contribution in [2.75, 3.05) is 5.32 Å². The Labute approximate surface area is 130 Å². The molecule has 0 saturated heterocycles. The molecule has 0 unspecified atom stereocenters. The van der Waals surface area contributed by atoms with Gasteiger partial charge in [0.1, 0.15) is 0 Å². The third-order valence-electron chi connectivity index (χ3n) is 4.12. The second-order valence-corrected chi connectivity index (χ2v) is 7.11. The second-order valence-electron chi connectivity index (χ2n) is 5.82. The summed E-state index contributed by atoms with van der Waals surface area (Å²) in [5, 5.41) is 4.87. The first kappa shape index (κ1) is 14.2. The molecule has 0 spiro atoms. The van der Waals surface area contributed by atoms with Gasteiger partial charge in [0.2, 0.25) is 0 Å². The topological polar surface area (TPSA) is 12.0 Å². The van der Waals surface area contributed by atoms with E-state index in [1.807, 2.05) is 11.3 Å². The van der Waals surface area contributed by atoms with Gasteiger partial charge in [-0.2, -0.15) is 0 Å². The molecule has 3 rings (SSSR count). The molecule has 1 aromatic heterocycles. The molecule has 1 N–H and O–H groups in total. The lowest BCUT2D eigenvalue weighted by Crippen LogP contribution is -2.01. The number of nitrogens with one attached hydrogen (secondary N) is 1. The molecule has 0 saturated carbocycles. The molecule has 0 aliphatic carbocycles. The van der Waals surface area contributed by atoms with Crippen LogP contribution in [0.25, 0.3) is 10.1 Å². The second kappa shape index (κ2) is 5.53. The Morgan fingerprint density at radius 3 is 2.33 bits per heavy atom. The van der Waals surface area contributed by atoms with E-state index in [9.17, 15) is 0 Å². The van der Waals surface area contributed by atoms with Gasteiger partial charge in [-0.3, -0.25) is 0 Å². The molecule has 1 heterocycles. The van der Waals surface area contributed by atoms with E-state index < -0.39 is 0 Å². The maximum Gasteiger partial charge on any atom is 0.0400 e. The minimum absolute atomic E-state index is 0.872. The lowest BCUT2D eigenvalue weighted by atomic mass is 10.0. The first-order valence-electron chi connectivity index (χ1n) is 7.34. The fourth-order valence-corrected chi connectivity index (χ4v) is 3.62. The third kappa shape index (κ3) is 2.96. The number of anilines is 1.